The summed E-state index contributed by atoms with van der Waals surface area (Å²) in [4.78, 5) is 17.5. The first-order chi connectivity index (χ1) is 10.7. The Kier molecular flexibility index (Phi) is 2.96. The normalized spacial score (nSPS) is 23.4. The van der Waals surface area contributed by atoms with E-state index in [9.17, 15) is 4.79 Å². The van der Waals surface area contributed by atoms with Gasteiger partial charge in [0.25, 0.3) is 5.91 Å². The number of para-hydroxylation sites is 1. The Labute approximate surface area is 131 Å². The highest BCUT2D eigenvalue weighted by molar-refractivity contribution is 6.02. The molecule has 0 aromatic heterocycles. The van der Waals surface area contributed by atoms with Crippen LogP contribution in [-0.2, 0) is 6.54 Å². The number of amides is 1. The van der Waals surface area contributed by atoms with Gasteiger partial charge in [0.05, 0.1) is 11.3 Å². The molecule has 1 saturated heterocycles. The number of hydrogen-bond donors (Lipinski definition) is 0. The molecule has 2 aliphatic rings. The molecule has 0 bridgehead atoms. The number of anilines is 1. The van der Waals surface area contributed by atoms with E-state index >= 15 is 0 Å². The maximum Gasteiger partial charge on any atom is 0.258 e. The standard InChI is InChI=1S/C19H20N2O/c1-19-12-7-13-20(19)17-11-6-5-10-16(17)18(22)21(19)14-15-8-3-2-4-9-15/h2-6,8-11H,7,12-14H2,1H3/t19-/m0/s1. The summed E-state index contributed by atoms with van der Waals surface area (Å²) in [5, 5.41) is 0. The van der Waals surface area contributed by atoms with E-state index in [4.69, 9.17) is 0 Å². The molecule has 2 heterocycles. The number of carbonyl (C=O) groups excluding carboxylic acids is 1. The Morgan fingerprint density at radius 2 is 1.77 bits per heavy atom. The number of carbonyl (C=O) groups is 1. The molecule has 0 unspecified atom stereocenters. The fourth-order valence-corrected chi connectivity index (χ4v) is 3.87. The third-order valence-electron chi connectivity index (χ3n) is 5.05. The first-order valence-electron chi connectivity index (χ1n) is 7.93. The summed E-state index contributed by atoms with van der Waals surface area (Å²) in [6.45, 7) is 3.89. The predicted molar refractivity (Wildman–Crippen MR) is 87.7 cm³/mol. The highest BCUT2D eigenvalue weighted by Gasteiger charge is 2.48. The molecule has 4 rings (SSSR count). The van der Waals surface area contributed by atoms with Crippen LogP contribution in [0.25, 0.3) is 0 Å². The van der Waals surface area contributed by atoms with Gasteiger partial charge in [-0.3, -0.25) is 4.79 Å². The number of rotatable bonds is 2. The molecule has 3 nitrogen and oxygen atoms in total. The van der Waals surface area contributed by atoms with Crippen molar-refractivity contribution in [2.75, 3.05) is 11.4 Å². The maximum atomic E-state index is 13.1. The van der Waals surface area contributed by atoms with Crippen LogP contribution in [0.4, 0.5) is 5.69 Å². The Bertz CT molecular complexity index is 712. The van der Waals surface area contributed by atoms with Crippen LogP contribution in [0.2, 0.25) is 0 Å². The van der Waals surface area contributed by atoms with E-state index in [1.807, 2.05) is 36.4 Å². The Hall–Kier alpha value is -2.29. The minimum absolute atomic E-state index is 0.153. The molecular weight excluding hydrogens is 272 g/mol. The Balaban J connectivity index is 1.79. The molecule has 3 heteroatoms. The number of hydrogen-bond acceptors (Lipinski definition) is 2. The van der Waals surface area contributed by atoms with Gasteiger partial charge in [-0.2, -0.15) is 0 Å². The molecule has 2 aromatic rings. The maximum absolute atomic E-state index is 13.1. The van der Waals surface area contributed by atoms with Gasteiger partial charge in [0, 0.05) is 13.1 Å². The van der Waals surface area contributed by atoms with Crippen molar-refractivity contribution in [2.45, 2.75) is 32.0 Å². The summed E-state index contributed by atoms with van der Waals surface area (Å²) in [6, 6.07) is 18.3. The second kappa shape index (κ2) is 4.87. The van der Waals surface area contributed by atoms with E-state index in [2.05, 4.69) is 34.9 Å². The van der Waals surface area contributed by atoms with Crippen LogP contribution in [0, 0.1) is 0 Å². The summed E-state index contributed by atoms with van der Waals surface area (Å²) < 4.78 is 0. The largest absolute Gasteiger partial charge is 0.348 e. The molecule has 0 spiro atoms. The SMILES string of the molecule is C[C@]12CCCN1c1ccccc1C(=O)N2Cc1ccccc1. The van der Waals surface area contributed by atoms with Crippen molar-refractivity contribution in [3.8, 4) is 0 Å². The minimum Gasteiger partial charge on any atom is -0.348 e. The highest BCUT2D eigenvalue weighted by atomic mass is 16.2. The van der Waals surface area contributed by atoms with Crippen LogP contribution in [0.5, 0.6) is 0 Å². The molecule has 0 N–H and O–H groups in total. The van der Waals surface area contributed by atoms with Gasteiger partial charge in [0.1, 0.15) is 5.66 Å². The molecular formula is C19H20N2O. The second-order valence-corrected chi connectivity index (χ2v) is 6.37. The lowest BCUT2D eigenvalue weighted by molar-refractivity contribution is 0.0470. The van der Waals surface area contributed by atoms with Crippen molar-refractivity contribution in [3.05, 3.63) is 65.7 Å². The average Bonchev–Trinajstić information content (AvgIpc) is 2.95. The van der Waals surface area contributed by atoms with E-state index in [1.165, 1.54) is 5.56 Å². The fourth-order valence-electron chi connectivity index (χ4n) is 3.87. The van der Waals surface area contributed by atoms with Gasteiger partial charge >= 0.3 is 0 Å². The third kappa shape index (κ3) is 1.85. The van der Waals surface area contributed by atoms with Crippen LogP contribution in [0.3, 0.4) is 0 Å². The van der Waals surface area contributed by atoms with Crippen molar-refractivity contribution in [1.82, 2.24) is 4.90 Å². The monoisotopic (exact) mass is 292 g/mol. The third-order valence-corrected chi connectivity index (χ3v) is 5.05. The first kappa shape index (κ1) is 13.4. The molecule has 1 atom stereocenters. The van der Waals surface area contributed by atoms with Crippen LogP contribution >= 0.6 is 0 Å². The molecule has 22 heavy (non-hydrogen) atoms. The molecule has 1 fully saturated rings. The molecule has 0 aliphatic carbocycles. The second-order valence-electron chi connectivity index (χ2n) is 6.37. The van der Waals surface area contributed by atoms with E-state index in [-0.39, 0.29) is 11.6 Å². The topological polar surface area (TPSA) is 23.6 Å². The Morgan fingerprint density at radius 3 is 2.59 bits per heavy atom. The number of nitrogens with zero attached hydrogens (tertiary/aromatic N) is 2. The molecule has 1 amide bonds. The van der Waals surface area contributed by atoms with Gasteiger partial charge in [0.15, 0.2) is 0 Å². The Morgan fingerprint density at radius 1 is 1.05 bits per heavy atom. The van der Waals surface area contributed by atoms with Gasteiger partial charge in [-0.05, 0) is 37.5 Å². The van der Waals surface area contributed by atoms with Crippen molar-refractivity contribution in [3.63, 3.8) is 0 Å². The molecule has 2 aromatic carbocycles. The number of fused-ring (bicyclic) bond motifs is 3. The van der Waals surface area contributed by atoms with Gasteiger partial charge in [-0.1, -0.05) is 42.5 Å². The smallest absolute Gasteiger partial charge is 0.258 e. The van der Waals surface area contributed by atoms with Gasteiger partial charge < -0.3 is 9.80 Å². The van der Waals surface area contributed by atoms with Crippen molar-refractivity contribution >= 4 is 11.6 Å². The summed E-state index contributed by atoms with van der Waals surface area (Å²) in [5.41, 5.74) is 2.90. The van der Waals surface area contributed by atoms with E-state index < -0.39 is 0 Å². The number of benzene rings is 2. The van der Waals surface area contributed by atoms with Crippen molar-refractivity contribution in [2.24, 2.45) is 0 Å². The van der Waals surface area contributed by atoms with Crippen LogP contribution in [-0.4, -0.2) is 23.0 Å². The van der Waals surface area contributed by atoms with E-state index in [0.29, 0.717) is 6.54 Å². The first-order valence-corrected chi connectivity index (χ1v) is 7.93. The van der Waals surface area contributed by atoms with Crippen molar-refractivity contribution in [1.29, 1.82) is 0 Å². The summed E-state index contributed by atoms with van der Waals surface area (Å²) in [7, 11) is 0. The highest BCUT2D eigenvalue weighted by Crippen LogP contribution is 2.43. The molecule has 0 saturated carbocycles. The van der Waals surface area contributed by atoms with E-state index in [1.54, 1.807) is 0 Å². The van der Waals surface area contributed by atoms with Crippen LogP contribution in [0.15, 0.2) is 54.6 Å². The fraction of sp³-hybridized carbons (Fsp3) is 0.316. The van der Waals surface area contributed by atoms with Gasteiger partial charge in [-0.15, -0.1) is 0 Å². The quantitative estimate of drug-likeness (QED) is 0.843. The minimum atomic E-state index is -0.207. The summed E-state index contributed by atoms with van der Waals surface area (Å²) in [6.07, 6.45) is 2.16. The average molecular weight is 292 g/mol. The van der Waals surface area contributed by atoms with Crippen molar-refractivity contribution < 1.29 is 4.79 Å². The van der Waals surface area contributed by atoms with E-state index in [0.717, 1.165) is 30.6 Å². The lowest BCUT2D eigenvalue weighted by Crippen LogP contribution is -2.60. The van der Waals surface area contributed by atoms with Gasteiger partial charge in [0.2, 0.25) is 0 Å². The molecule has 0 radical (unpaired) electrons. The van der Waals surface area contributed by atoms with Crippen LogP contribution in [0.1, 0.15) is 35.7 Å². The lowest BCUT2D eigenvalue weighted by atomic mass is 9.97. The predicted octanol–water partition coefficient (Wildman–Crippen LogP) is 3.66. The zero-order valence-electron chi connectivity index (χ0n) is 12.8. The molecule has 112 valence electrons. The zero-order chi connectivity index (χ0) is 15.2. The summed E-state index contributed by atoms with van der Waals surface area (Å²) >= 11 is 0. The lowest BCUT2D eigenvalue weighted by Gasteiger charge is -2.50. The summed E-state index contributed by atoms with van der Waals surface area (Å²) in [5.74, 6) is 0.153. The van der Waals surface area contributed by atoms with Gasteiger partial charge in [-0.25, -0.2) is 0 Å². The molecule has 2 aliphatic heterocycles. The zero-order valence-corrected chi connectivity index (χ0v) is 12.8. The van der Waals surface area contributed by atoms with Crippen LogP contribution < -0.4 is 4.90 Å².